The molecule has 31 heavy (non-hydrogen) atoms. The maximum atomic E-state index is 12.7. The highest BCUT2D eigenvalue weighted by molar-refractivity contribution is 7.89. The molecule has 2 heterocycles. The van der Waals surface area contributed by atoms with Gasteiger partial charge in [0.05, 0.1) is 42.5 Å². The zero-order valence-corrected chi connectivity index (χ0v) is 18.6. The molecule has 11 heteroatoms. The molecule has 1 fully saturated rings. The minimum Gasteiger partial charge on any atom is -0.493 e. The van der Waals surface area contributed by atoms with E-state index in [1.807, 2.05) is 0 Å². The number of thiazole rings is 1. The van der Waals surface area contributed by atoms with Gasteiger partial charge in [-0.3, -0.25) is 10.1 Å². The third kappa shape index (κ3) is 4.35. The van der Waals surface area contributed by atoms with Crippen LogP contribution >= 0.6 is 11.3 Å². The number of fused-ring (bicyclic) bond motifs is 1. The fourth-order valence-electron chi connectivity index (χ4n) is 3.19. The molecule has 1 N–H and O–H groups in total. The van der Waals surface area contributed by atoms with Crippen molar-refractivity contribution in [2.45, 2.75) is 4.90 Å². The fraction of sp³-hybridized carbons (Fsp3) is 0.300. The van der Waals surface area contributed by atoms with E-state index < -0.39 is 10.0 Å². The van der Waals surface area contributed by atoms with Gasteiger partial charge in [-0.25, -0.2) is 13.4 Å². The van der Waals surface area contributed by atoms with Crippen LogP contribution in [-0.2, 0) is 14.8 Å². The van der Waals surface area contributed by atoms with Gasteiger partial charge in [-0.2, -0.15) is 4.31 Å². The van der Waals surface area contributed by atoms with Gasteiger partial charge in [-0.05, 0) is 24.3 Å². The van der Waals surface area contributed by atoms with Crippen LogP contribution in [0.2, 0.25) is 0 Å². The van der Waals surface area contributed by atoms with Crippen molar-refractivity contribution in [1.82, 2.24) is 9.29 Å². The number of carbonyl (C=O) groups is 1. The van der Waals surface area contributed by atoms with Crippen molar-refractivity contribution < 1.29 is 27.4 Å². The van der Waals surface area contributed by atoms with Gasteiger partial charge in [0.1, 0.15) is 0 Å². The molecule has 0 aliphatic carbocycles. The third-order valence-electron chi connectivity index (χ3n) is 4.84. The second-order valence-electron chi connectivity index (χ2n) is 6.69. The lowest BCUT2D eigenvalue weighted by molar-refractivity contribution is 0.0730. The minimum atomic E-state index is -3.61. The highest BCUT2D eigenvalue weighted by Crippen LogP contribution is 2.36. The van der Waals surface area contributed by atoms with Crippen molar-refractivity contribution in [3.63, 3.8) is 0 Å². The number of methoxy groups -OCH3 is 2. The van der Waals surface area contributed by atoms with Crippen LogP contribution < -0.4 is 14.8 Å². The first-order valence-electron chi connectivity index (χ1n) is 9.44. The number of hydrogen-bond acceptors (Lipinski definition) is 8. The first-order chi connectivity index (χ1) is 14.9. The number of morpholine rings is 1. The van der Waals surface area contributed by atoms with Crippen LogP contribution in [0.4, 0.5) is 5.13 Å². The molecule has 9 nitrogen and oxygen atoms in total. The molecule has 4 rings (SSSR count). The number of nitrogens with zero attached hydrogens (tertiary/aromatic N) is 2. The lowest BCUT2D eigenvalue weighted by atomic mass is 10.2. The molecular weight excluding hydrogens is 442 g/mol. The standard InChI is InChI=1S/C20H21N3O6S2/c1-27-16-11-15-18(12-17(16)28-2)30-20(21-15)22-19(24)13-3-5-14(6-4-13)31(25,26)23-7-9-29-10-8-23/h3-6,11-12H,7-10H2,1-2H3,(H,21,22,24). The first-order valence-corrected chi connectivity index (χ1v) is 11.7. The van der Waals surface area contributed by atoms with Crippen LogP contribution in [0.5, 0.6) is 11.5 Å². The smallest absolute Gasteiger partial charge is 0.257 e. The summed E-state index contributed by atoms with van der Waals surface area (Å²) in [6.45, 7) is 1.38. The molecule has 0 saturated carbocycles. The van der Waals surface area contributed by atoms with E-state index in [2.05, 4.69) is 10.3 Å². The van der Waals surface area contributed by atoms with Crippen LogP contribution in [0.1, 0.15) is 10.4 Å². The van der Waals surface area contributed by atoms with Gasteiger partial charge < -0.3 is 14.2 Å². The average molecular weight is 464 g/mol. The van der Waals surface area contributed by atoms with Gasteiger partial charge >= 0.3 is 0 Å². The van der Waals surface area contributed by atoms with Crippen LogP contribution in [-0.4, -0.2) is 64.1 Å². The summed E-state index contributed by atoms with van der Waals surface area (Å²) in [6, 6.07) is 9.39. The van der Waals surface area contributed by atoms with Crippen LogP contribution in [0.15, 0.2) is 41.3 Å². The number of anilines is 1. The molecule has 0 radical (unpaired) electrons. The topological polar surface area (TPSA) is 107 Å². The summed E-state index contributed by atoms with van der Waals surface area (Å²) in [5, 5.41) is 3.17. The van der Waals surface area contributed by atoms with E-state index in [1.54, 1.807) is 26.4 Å². The summed E-state index contributed by atoms with van der Waals surface area (Å²) in [5.74, 6) is 0.747. The number of aromatic nitrogens is 1. The summed E-state index contributed by atoms with van der Waals surface area (Å²) in [7, 11) is -0.511. The van der Waals surface area contributed by atoms with Gasteiger partial charge in [0.25, 0.3) is 5.91 Å². The van der Waals surface area contributed by atoms with E-state index in [0.29, 0.717) is 54.0 Å². The maximum Gasteiger partial charge on any atom is 0.257 e. The Bertz CT molecular complexity index is 1160. The summed E-state index contributed by atoms with van der Waals surface area (Å²) in [4.78, 5) is 17.2. The molecule has 3 aromatic rings. The summed E-state index contributed by atoms with van der Waals surface area (Å²) in [5.41, 5.74) is 1.00. The average Bonchev–Trinajstić information content (AvgIpc) is 3.19. The van der Waals surface area contributed by atoms with E-state index in [4.69, 9.17) is 14.2 Å². The number of carbonyl (C=O) groups excluding carboxylic acids is 1. The molecule has 0 unspecified atom stereocenters. The van der Waals surface area contributed by atoms with E-state index in [1.165, 1.54) is 39.9 Å². The SMILES string of the molecule is COc1cc2nc(NC(=O)c3ccc(S(=O)(=O)N4CCOCC4)cc3)sc2cc1OC. The normalized spacial score (nSPS) is 15.0. The predicted octanol–water partition coefficient (Wildman–Crippen LogP) is 2.59. The Labute approximate surface area is 183 Å². The highest BCUT2D eigenvalue weighted by atomic mass is 32.2. The minimum absolute atomic E-state index is 0.144. The Morgan fingerprint density at radius 1 is 1.10 bits per heavy atom. The number of ether oxygens (including phenoxy) is 3. The number of nitrogens with one attached hydrogen (secondary N) is 1. The Kier molecular flexibility index (Phi) is 6.10. The van der Waals surface area contributed by atoms with E-state index in [0.717, 1.165) is 4.70 Å². The molecule has 0 bridgehead atoms. The highest BCUT2D eigenvalue weighted by Gasteiger charge is 2.26. The number of benzene rings is 2. The van der Waals surface area contributed by atoms with Gasteiger partial charge in [-0.1, -0.05) is 11.3 Å². The number of hydrogen-bond donors (Lipinski definition) is 1. The second-order valence-corrected chi connectivity index (χ2v) is 9.66. The lowest BCUT2D eigenvalue weighted by Crippen LogP contribution is -2.40. The zero-order valence-electron chi connectivity index (χ0n) is 17.0. The van der Waals surface area contributed by atoms with Crippen molar-refractivity contribution in [2.24, 2.45) is 0 Å². The largest absolute Gasteiger partial charge is 0.493 e. The Morgan fingerprint density at radius 2 is 1.74 bits per heavy atom. The molecule has 1 amide bonds. The zero-order chi connectivity index (χ0) is 22.0. The third-order valence-corrected chi connectivity index (χ3v) is 7.69. The van der Waals surface area contributed by atoms with E-state index >= 15 is 0 Å². The molecule has 1 aliphatic heterocycles. The Balaban J connectivity index is 1.51. The van der Waals surface area contributed by atoms with Crippen molar-refractivity contribution in [2.75, 3.05) is 45.8 Å². The number of amides is 1. The van der Waals surface area contributed by atoms with Crippen molar-refractivity contribution in [3.8, 4) is 11.5 Å². The van der Waals surface area contributed by atoms with Crippen molar-refractivity contribution >= 4 is 42.6 Å². The second kappa shape index (κ2) is 8.79. The van der Waals surface area contributed by atoms with Gasteiger partial charge in [0.15, 0.2) is 16.6 Å². The molecular formula is C20H21N3O6S2. The Hall–Kier alpha value is -2.73. The number of rotatable bonds is 6. The summed E-state index contributed by atoms with van der Waals surface area (Å²) in [6.07, 6.45) is 0. The van der Waals surface area contributed by atoms with Gasteiger partial charge in [0, 0.05) is 30.8 Å². The monoisotopic (exact) mass is 463 g/mol. The maximum absolute atomic E-state index is 12.7. The summed E-state index contributed by atoms with van der Waals surface area (Å²) < 4.78 is 43.4. The lowest BCUT2D eigenvalue weighted by Gasteiger charge is -2.26. The molecule has 1 aromatic heterocycles. The molecule has 0 atom stereocenters. The van der Waals surface area contributed by atoms with Gasteiger partial charge in [0.2, 0.25) is 10.0 Å². The molecule has 1 aliphatic rings. The Morgan fingerprint density at radius 3 is 2.39 bits per heavy atom. The molecule has 164 valence electrons. The van der Waals surface area contributed by atoms with Crippen LogP contribution in [0, 0.1) is 0 Å². The summed E-state index contributed by atoms with van der Waals surface area (Å²) >= 11 is 1.30. The van der Waals surface area contributed by atoms with Crippen molar-refractivity contribution in [1.29, 1.82) is 0 Å². The molecule has 0 spiro atoms. The molecule has 2 aromatic carbocycles. The quantitative estimate of drug-likeness (QED) is 0.599. The van der Waals surface area contributed by atoms with E-state index in [9.17, 15) is 13.2 Å². The van der Waals surface area contributed by atoms with Crippen molar-refractivity contribution in [3.05, 3.63) is 42.0 Å². The predicted molar refractivity (Wildman–Crippen MR) is 117 cm³/mol. The van der Waals surface area contributed by atoms with Crippen LogP contribution in [0.3, 0.4) is 0 Å². The first kappa shape index (κ1) is 21.5. The van der Waals surface area contributed by atoms with E-state index in [-0.39, 0.29) is 10.8 Å². The number of sulfonamides is 1. The fourth-order valence-corrected chi connectivity index (χ4v) is 5.47. The van der Waals surface area contributed by atoms with Crippen LogP contribution in [0.25, 0.3) is 10.2 Å². The molecule has 1 saturated heterocycles. The van der Waals surface area contributed by atoms with Gasteiger partial charge in [-0.15, -0.1) is 0 Å².